The van der Waals surface area contributed by atoms with Gasteiger partial charge in [0.25, 0.3) is 0 Å². The van der Waals surface area contributed by atoms with E-state index >= 15 is 0 Å². The summed E-state index contributed by atoms with van der Waals surface area (Å²) in [6.45, 7) is 6.54. The zero-order valence-corrected chi connectivity index (χ0v) is 11.8. The van der Waals surface area contributed by atoms with Gasteiger partial charge in [-0.25, -0.2) is 0 Å². The molecule has 0 amide bonds. The van der Waals surface area contributed by atoms with E-state index < -0.39 is 0 Å². The Kier molecular flexibility index (Phi) is 4.72. The van der Waals surface area contributed by atoms with Crippen LogP contribution in [0.1, 0.15) is 32.4 Å². The Morgan fingerprint density at radius 2 is 2.22 bits per heavy atom. The van der Waals surface area contributed by atoms with Crippen LogP contribution in [0.3, 0.4) is 0 Å². The van der Waals surface area contributed by atoms with E-state index in [0.717, 1.165) is 25.0 Å². The average molecular weight is 247 g/mol. The molecule has 2 rings (SSSR count). The van der Waals surface area contributed by atoms with Crippen LogP contribution in [0.15, 0.2) is 24.4 Å². The first-order chi connectivity index (χ1) is 8.66. The van der Waals surface area contributed by atoms with Crippen molar-refractivity contribution in [2.45, 2.75) is 45.3 Å². The molecule has 0 bridgehead atoms. The lowest BCUT2D eigenvalue weighted by atomic mass is 9.78. The fourth-order valence-corrected chi connectivity index (χ4v) is 2.62. The van der Waals surface area contributed by atoms with E-state index in [1.165, 1.54) is 18.5 Å². The number of nitrogens with one attached hydrogen (secondary N) is 1. The molecule has 1 aromatic heterocycles. The number of pyridine rings is 1. The maximum Gasteiger partial charge on any atom is 0.0543 e. The first kappa shape index (κ1) is 13.5. The zero-order chi connectivity index (χ0) is 13.0. The molecule has 1 N–H and O–H groups in total. The van der Waals surface area contributed by atoms with Gasteiger partial charge in [-0.15, -0.1) is 0 Å². The summed E-state index contributed by atoms with van der Waals surface area (Å²) >= 11 is 0. The summed E-state index contributed by atoms with van der Waals surface area (Å²) < 4.78 is 0. The number of aromatic nitrogens is 1. The highest BCUT2D eigenvalue weighted by atomic mass is 15.2. The maximum atomic E-state index is 4.40. The van der Waals surface area contributed by atoms with Gasteiger partial charge in [-0.1, -0.05) is 19.9 Å². The molecule has 0 saturated heterocycles. The average Bonchev–Trinajstić information content (AvgIpc) is 2.28. The lowest BCUT2D eigenvalue weighted by Crippen LogP contribution is -2.49. The summed E-state index contributed by atoms with van der Waals surface area (Å²) in [6.07, 6.45) is 4.56. The van der Waals surface area contributed by atoms with Crippen LogP contribution in [0.25, 0.3) is 0 Å². The second-order valence-corrected chi connectivity index (χ2v) is 5.70. The minimum Gasteiger partial charge on any atom is -0.314 e. The lowest BCUT2D eigenvalue weighted by molar-refractivity contribution is 0.0759. The van der Waals surface area contributed by atoms with E-state index in [4.69, 9.17) is 0 Å². The Labute approximate surface area is 111 Å². The summed E-state index contributed by atoms with van der Waals surface area (Å²) in [7, 11) is 2.22. The summed E-state index contributed by atoms with van der Waals surface area (Å²) in [4.78, 5) is 6.86. The van der Waals surface area contributed by atoms with Gasteiger partial charge in [0.2, 0.25) is 0 Å². The molecule has 18 heavy (non-hydrogen) atoms. The van der Waals surface area contributed by atoms with Crippen molar-refractivity contribution in [3.63, 3.8) is 0 Å². The topological polar surface area (TPSA) is 28.2 Å². The van der Waals surface area contributed by atoms with Crippen molar-refractivity contribution < 1.29 is 0 Å². The summed E-state index contributed by atoms with van der Waals surface area (Å²) in [5.41, 5.74) is 1.17. The van der Waals surface area contributed by atoms with Gasteiger partial charge in [0.15, 0.2) is 0 Å². The van der Waals surface area contributed by atoms with Crippen LogP contribution in [0, 0.1) is 5.92 Å². The van der Waals surface area contributed by atoms with Gasteiger partial charge in [0.05, 0.1) is 5.69 Å². The van der Waals surface area contributed by atoms with Gasteiger partial charge in [0.1, 0.15) is 0 Å². The molecule has 1 aliphatic carbocycles. The standard InChI is InChI=1S/C15H25N3/c1-12(2)17-10-13-7-8-15(13)18(3)11-14-6-4-5-9-16-14/h4-6,9,12-13,15,17H,7-8,10-11H2,1-3H3. The molecule has 0 aliphatic heterocycles. The maximum absolute atomic E-state index is 4.40. The van der Waals surface area contributed by atoms with Crippen molar-refractivity contribution in [3.8, 4) is 0 Å². The molecule has 0 radical (unpaired) electrons. The second kappa shape index (κ2) is 6.30. The van der Waals surface area contributed by atoms with Crippen LogP contribution in [0.4, 0.5) is 0 Å². The fourth-order valence-electron chi connectivity index (χ4n) is 2.62. The lowest BCUT2D eigenvalue weighted by Gasteiger charge is -2.43. The molecule has 0 aromatic carbocycles. The summed E-state index contributed by atoms with van der Waals surface area (Å²) in [5.74, 6) is 0.807. The number of hydrogen-bond donors (Lipinski definition) is 1. The predicted octanol–water partition coefficient (Wildman–Crippen LogP) is 2.29. The fraction of sp³-hybridized carbons (Fsp3) is 0.667. The first-order valence-electron chi connectivity index (χ1n) is 7.00. The minimum absolute atomic E-state index is 0.590. The Morgan fingerprint density at radius 3 is 2.78 bits per heavy atom. The molecule has 100 valence electrons. The number of hydrogen-bond acceptors (Lipinski definition) is 3. The highest BCUT2D eigenvalue weighted by molar-refractivity contribution is 5.04. The Balaban J connectivity index is 1.80. The van der Waals surface area contributed by atoms with Gasteiger partial charge in [0, 0.05) is 24.8 Å². The van der Waals surface area contributed by atoms with Crippen molar-refractivity contribution in [2.24, 2.45) is 5.92 Å². The van der Waals surface area contributed by atoms with Crippen LogP contribution in [0.5, 0.6) is 0 Å². The van der Waals surface area contributed by atoms with Crippen molar-refractivity contribution in [3.05, 3.63) is 30.1 Å². The second-order valence-electron chi connectivity index (χ2n) is 5.70. The van der Waals surface area contributed by atoms with Crippen molar-refractivity contribution in [1.29, 1.82) is 0 Å². The zero-order valence-electron chi connectivity index (χ0n) is 11.8. The van der Waals surface area contributed by atoms with E-state index in [1.54, 1.807) is 0 Å². The van der Waals surface area contributed by atoms with Crippen LogP contribution >= 0.6 is 0 Å². The molecular weight excluding hydrogens is 222 g/mol. The number of nitrogens with zero attached hydrogens (tertiary/aromatic N) is 2. The molecule has 1 fully saturated rings. The molecular formula is C15H25N3. The highest BCUT2D eigenvalue weighted by Gasteiger charge is 2.33. The molecule has 0 spiro atoms. The van der Waals surface area contributed by atoms with Gasteiger partial charge in [-0.3, -0.25) is 9.88 Å². The Bertz CT molecular complexity index is 350. The molecule has 1 aromatic rings. The highest BCUT2D eigenvalue weighted by Crippen LogP contribution is 2.31. The van der Waals surface area contributed by atoms with Crippen LogP contribution < -0.4 is 5.32 Å². The van der Waals surface area contributed by atoms with E-state index in [0.29, 0.717) is 6.04 Å². The third-order valence-electron chi connectivity index (χ3n) is 3.87. The van der Waals surface area contributed by atoms with Gasteiger partial charge < -0.3 is 5.32 Å². The predicted molar refractivity (Wildman–Crippen MR) is 75.4 cm³/mol. The van der Waals surface area contributed by atoms with Gasteiger partial charge in [-0.05, 0) is 44.5 Å². The quantitative estimate of drug-likeness (QED) is 0.836. The van der Waals surface area contributed by atoms with E-state index in [2.05, 4.69) is 48.2 Å². The summed E-state index contributed by atoms with van der Waals surface area (Å²) in [5, 5.41) is 3.55. The minimum atomic E-state index is 0.590. The van der Waals surface area contributed by atoms with Crippen LogP contribution in [0.2, 0.25) is 0 Å². The normalized spacial score (nSPS) is 23.4. The molecule has 2 atom stereocenters. The largest absolute Gasteiger partial charge is 0.314 e. The Morgan fingerprint density at radius 1 is 1.39 bits per heavy atom. The third-order valence-corrected chi connectivity index (χ3v) is 3.87. The van der Waals surface area contributed by atoms with E-state index in [1.807, 2.05) is 12.3 Å². The van der Waals surface area contributed by atoms with Gasteiger partial charge in [-0.2, -0.15) is 0 Å². The molecule has 3 nitrogen and oxygen atoms in total. The first-order valence-corrected chi connectivity index (χ1v) is 7.00. The monoisotopic (exact) mass is 247 g/mol. The molecule has 1 aliphatic rings. The Hall–Kier alpha value is -0.930. The molecule has 1 saturated carbocycles. The van der Waals surface area contributed by atoms with Crippen molar-refractivity contribution >= 4 is 0 Å². The third kappa shape index (κ3) is 3.53. The summed E-state index contributed by atoms with van der Waals surface area (Å²) in [6, 6.07) is 7.46. The van der Waals surface area contributed by atoms with Crippen molar-refractivity contribution in [2.75, 3.05) is 13.6 Å². The number of rotatable bonds is 6. The van der Waals surface area contributed by atoms with Crippen LogP contribution in [-0.4, -0.2) is 35.6 Å². The molecule has 1 heterocycles. The smallest absolute Gasteiger partial charge is 0.0543 e. The van der Waals surface area contributed by atoms with Gasteiger partial charge >= 0.3 is 0 Å². The van der Waals surface area contributed by atoms with Crippen LogP contribution in [-0.2, 0) is 6.54 Å². The SMILES string of the molecule is CC(C)NCC1CCC1N(C)Cc1ccccn1. The van der Waals surface area contributed by atoms with E-state index in [9.17, 15) is 0 Å². The van der Waals surface area contributed by atoms with E-state index in [-0.39, 0.29) is 0 Å². The molecule has 3 heteroatoms. The van der Waals surface area contributed by atoms with Crippen molar-refractivity contribution in [1.82, 2.24) is 15.2 Å². The molecule has 2 unspecified atom stereocenters.